The summed E-state index contributed by atoms with van der Waals surface area (Å²) in [6.45, 7) is 7.64. The van der Waals surface area contributed by atoms with Crippen LogP contribution in [0.4, 0.5) is 0 Å². The zero-order chi connectivity index (χ0) is 21.0. The van der Waals surface area contributed by atoms with Crippen molar-refractivity contribution in [1.82, 2.24) is 10.2 Å². The van der Waals surface area contributed by atoms with E-state index in [1.165, 1.54) is 5.56 Å². The number of carbonyl (C=O) groups is 2. The maximum absolute atomic E-state index is 13.6. The number of piperidine rings is 1. The van der Waals surface area contributed by atoms with Gasteiger partial charge in [-0.15, -0.1) is 0 Å². The van der Waals surface area contributed by atoms with Gasteiger partial charge in [-0.3, -0.25) is 9.59 Å². The van der Waals surface area contributed by atoms with Crippen molar-refractivity contribution in [2.45, 2.75) is 70.8 Å². The first kappa shape index (κ1) is 20.2. The van der Waals surface area contributed by atoms with Crippen molar-refractivity contribution >= 4 is 11.8 Å². The van der Waals surface area contributed by atoms with Gasteiger partial charge in [-0.25, -0.2) is 0 Å². The van der Waals surface area contributed by atoms with E-state index in [4.69, 9.17) is 0 Å². The number of carbonyl (C=O) groups excluding carboxylic acids is 2. The predicted molar refractivity (Wildman–Crippen MR) is 113 cm³/mol. The number of phenolic OH excluding ortho intramolecular Hbond substituents is 1. The van der Waals surface area contributed by atoms with Crippen molar-refractivity contribution in [2.75, 3.05) is 13.6 Å². The zero-order valence-electron chi connectivity index (χ0n) is 18.1. The number of hydrogen-bond donors (Lipinski definition) is 2. The lowest BCUT2D eigenvalue weighted by Gasteiger charge is -2.61. The summed E-state index contributed by atoms with van der Waals surface area (Å²) in [5, 5.41) is 13.3. The lowest BCUT2D eigenvalue weighted by atomic mass is 9.51. The number of benzene rings is 1. The Morgan fingerprint density at radius 2 is 1.76 bits per heavy atom. The average Bonchev–Trinajstić information content (AvgIpc) is 2.70. The number of likely N-dealkylation sites (tertiary alicyclic amines) is 1. The summed E-state index contributed by atoms with van der Waals surface area (Å²) >= 11 is 0. The highest BCUT2D eigenvalue weighted by molar-refractivity contribution is 5.81. The van der Waals surface area contributed by atoms with Crippen molar-refractivity contribution in [3.8, 4) is 5.75 Å². The quantitative estimate of drug-likeness (QED) is 0.802. The fraction of sp³-hybridized carbons (Fsp3) is 0.667. The number of nitrogens with one attached hydrogen (secondary N) is 1. The lowest BCUT2D eigenvalue weighted by Crippen LogP contribution is -2.65. The van der Waals surface area contributed by atoms with Gasteiger partial charge in [0, 0.05) is 36.9 Å². The second kappa shape index (κ2) is 7.03. The molecule has 0 spiro atoms. The maximum atomic E-state index is 13.6. The molecule has 0 unspecified atom stereocenters. The summed E-state index contributed by atoms with van der Waals surface area (Å²) in [7, 11) is 1.68. The largest absolute Gasteiger partial charge is 0.508 e. The third-order valence-corrected chi connectivity index (χ3v) is 8.60. The molecule has 1 saturated heterocycles. The van der Waals surface area contributed by atoms with Gasteiger partial charge in [0.1, 0.15) is 5.75 Å². The van der Waals surface area contributed by atoms with Crippen LogP contribution in [0.25, 0.3) is 0 Å². The minimum absolute atomic E-state index is 0.0156. The molecule has 2 N–H and O–H groups in total. The van der Waals surface area contributed by atoms with Crippen LogP contribution in [-0.2, 0) is 21.4 Å². The van der Waals surface area contributed by atoms with E-state index in [1.54, 1.807) is 13.1 Å². The van der Waals surface area contributed by atoms with Gasteiger partial charge in [0.15, 0.2) is 0 Å². The van der Waals surface area contributed by atoms with Crippen molar-refractivity contribution in [3.63, 3.8) is 0 Å². The van der Waals surface area contributed by atoms with E-state index in [9.17, 15) is 14.7 Å². The maximum Gasteiger partial charge on any atom is 0.225 e. The molecule has 0 aromatic heterocycles. The second-order valence-electron chi connectivity index (χ2n) is 10.0. The van der Waals surface area contributed by atoms with Crippen LogP contribution in [0, 0.1) is 17.3 Å². The minimum atomic E-state index is -0.0685. The lowest BCUT2D eigenvalue weighted by molar-refractivity contribution is -0.150. The van der Waals surface area contributed by atoms with Gasteiger partial charge in [-0.05, 0) is 61.1 Å². The first-order valence-electron chi connectivity index (χ1n) is 11.0. The van der Waals surface area contributed by atoms with E-state index in [-0.39, 0.29) is 40.5 Å². The van der Waals surface area contributed by atoms with Gasteiger partial charge >= 0.3 is 0 Å². The highest BCUT2D eigenvalue weighted by Gasteiger charge is 2.57. The number of fused-ring (bicyclic) bond motifs is 4. The fourth-order valence-corrected chi connectivity index (χ4v) is 6.23. The molecule has 158 valence electrons. The average molecular weight is 399 g/mol. The molecule has 2 fully saturated rings. The van der Waals surface area contributed by atoms with E-state index in [2.05, 4.69) is 37.1 Å². The van der Waals surface area contributed by atoms with Crippen molar-refractivity contribution in [1.29, 1.82) is 0 Å². The molecule has 29 heavy (non-hydrogen) atoms. The first-order valence-corrected chi connectivity index (χ1v) is 11.0. The Morgan fingerprint density at radius 1 is 1.10 bits per heavy atom. The number of rotatable bonds is 2. The molecule has 1 aliphatic heterocycles. The topological polar surface area (TPSA) is 69.6 Å². The molecule has 2 aliphatic carbocycles. The Hall–Kier alpha value is -2.04. The van der Waals surface area contributed by atoms with Crippen LogP contribution in [0.3, 0.4) is 0 Å². The standard InChI is InChI=1S/C24H34N2O3/c1-23(2)20-14-17-18(6-5-7-19(17)27)24(23,3)12-13-26(20)22(29)16-10-8-15(9-11-16)21(28)25-4/h5-7,15-16,20,27H,8-14H2,1-4H3,(H,25,28)/t15-,16+,20-,24+/m1/s1. The zero-order valence-corrected chi connectivity index (χ0v) is 18.1. The van der Waals surface area contributed by atoms with Crippen LogP contribution in [0.5, 0.6) is 5.75 Å². The number of phenols is 1. The Balaban J connectivity index is 1.58. The van der Waals surface area contributed by atoms with Crippen LogP contribution < -0.4 is 5.32 Å². The summed E-state index contributed by atoms with van der Waals surface area (Å²) in [6.07, 6.45) is 4.79. The molecule has 5 heteroatoms. The molecule has 1 saturated carbocycles. The highest BCUT2D eigenvalue weighted by atomic mass is 16.3. The molecule has 2 atom stereocenters. The third kappa shape index (κ3) is 2.96. The molecular formula is C24H34N2O3. The normalized spacial score (nSPS) is 33.0. The van der Waals surface area contributed by atoms with Crippen LogP contribution in [0.15, 0.2) is 18.2 Å². The monoisotopic (exact) mass is 398 g/mol. The third-order valence-electron chi connectivity index (χ3n) is 8.60. The Labute approximate surface area is 173 Å². The molecule has 4 rings (SSSR count). The van der Waals surface area contributed by atoms with Gasteiger partial charge in [-0.2, -0.15) is 0 Å². The van der Waals surface area contributed by atoms with Crippen LogP contribution in [0.2, 0.25) is 0 Å². The molecule has 1 heterocycles. The summed E-state index contributed by atoms with van der Waals surface area (Å²) in [5.74, 6) is 0.768. The van der Waals surface area contributed by atoms with Gasteiger partial charge in [-0.1, -0.05) is 32.9 Å². The van der Waals surface area contributed by atoms with Crippen LogP contribution in [-0.4, -0.2) is 41.5 Å². The van der Waals surface area contributed by atoms with E-state index in [0.29, 0.717) is 12.2 Å². The second-order valence-corrected chi connectivity index (χ2v) is 10.0. The van der Waals surface area contributed by atoms with E-state index in [0.717, 1.165) is 44.2 Å². The SMILES string of the molecule is CNC(=O)[C@H]1CC[C@@H](C(=O)N2CC[C@@]3(C)c4cccc(O)c4C[C@@H]2C3(C)C)CC1. The number of nitrogens with zero attached hydrogens (tertiary/aromatic N) is 1. The smallest absolute Gasteiger partial charge is 0.225 e. The van der Waals surface area contributed by atoms with Gasteiger partial charge < -0.3 is 15.3 Å². The first-order chi connectivity index (χ1) is 13.7. The van der Waals surface area contributed by atoms with Gasteiger partial charge in [0.05, 0.1) is 0 Å². The van der Waals surface area contributed by atoms with Gasteiger partial charge in [0.2, 0.25) is 11.8 Å². The van der Waals surface area contributed by atoms with Crippen molar-refractivity contribution in [2.24, 2.45) is 17.3 Å². The van der Waals surface area contributed by atoms with Gasteiger partial charge in [0.25, 0.3) is 0 Å². The Morgan fingerprint density at radius 3 is 2.41 bits per heavy atom. The van der Waals surface area contributed by atoms with Crippen molar-refractivity contribution in [3.05, 3.63) is 29.3 Å². The molecule has 1 aromatic carbocycles. The summed E-state index contributed by atoms with van der Waals surface area (Å²) < 4.78 is 0. The Bertz CT molecular complexity index is 825. The Kier molecular flexibility index (Phi) is 4.91. The molecule has 1 aromatic rings. The molecule has 2 bridgehead atoms. The minimum Gasteiger partial charge on any atom is -0.508 e. The van der Waals surface area contributed by atoms with Crippen molar-refractivity contribution < 1.29 is 14.7 Å². The predicted octanol–water partition coefficient (Wildman–Crippen LogP) is 3.39. The highest BCUT2D eigenvalue weighted by Crippen LogP contribution is 2.57. The molecular weight excluding hydrogens is 364 g/mol. The summed E-state index contributed by atoms with van der Waals surface area (Å²) in [5.41, 5.74) is 2.13. The summed E-state index contributed by atoms with van der Waals surface area (Å²) in [6, 6.07) is 5.96. The van der Waals surface area contributed by atoms with E-state index < -0.39 is 0 Å². The van der Waals surface area contributed by atoms with Crippen LogP contribution >= 0.6 is 0 Å². The summed E-state index contributed by atoms with van der Waals surface area (Å²) in [4.78, 5) is 27.6. The molecule has 3 aliphatic rings. The molecule has 0 radical (unpaired) electrons. The number of hydrogen-bond acceptors (Lipinski definition) is 3. The van der Waals surface area contributed by atoms with E-state index in [1.807, 2.05) is 6.07 Å². The van der Waals surface area contributed by atoms with E-state index >= 15 is 0 Å². The molecule has 2 amide bonds. The number of aromatic hydroxyl groups is 1. The number of amides is 2. The molecule has 5 nitrogen and oxygen atoms in total. The fourth-order valence-electron chi connectivity index (χ4n) is 6.23. The van der Waals surface area contributed by atoms with Crippen LogP contribution in [0.1, 0.15) is 64.0 Å².